The zero-order valence-corrected chi connectivity index (χ0v) is 23.5. The lowest BCUT2D eigenvalue weighted by Crippen LogP contribution is -2.39. The number of amides is 1. The number of rotatable bonds is 6. The van der Waals surface area contributed by atoms with Crippen LogP contribution in [0.25, 0.3) is 5.65 Å². The number of piperidine rings is 1. The summed E-state index contributed by atoms with van der Waals surface area (Å²) < 4.78 is 28.1. The Bertz CT molecular complexity index is 1470. The third kappa shape index (κ3) is 5.32. The zero-order chi connectivity index (χ0) is 27.2. The molecule has 12 heteroatoms. The van der Waals surface area contributed by atoms with Crippen molar-refractivity contribution >= 4 is 44.7 Å². The van der Waals surface area contributed by atoms with Gasteiger partial charge in [0.05, 0.1) is 29.2 Å². The summed E-state index contributed by atoms with van der Waals surface area (Å²) in [4.78, 5) is 22.8. The molecule has 2 saturated heterocycles. The number of nitrogens with one attached hydrogen (secondary N) is 1. The zero-order valence-electron chi connectivity index (χ0n) is 21.9. The summed E-state index contributed by atoms with van der Waals surface area (Å²) in [5.74, 6) is 0.637. The second kappa shape index (κ2) is 10.3. The molecule has 4 heterocycles. The van der Waals surface area contributed by atoms with Gasteiger partial charge in [0.15, 0.2) is 5.65 Å². The number of benzene rings is 1. The van der Waals surface area contributed by atoms with E-state index < -0.39 is 10.0 Å². The largest absolute Gasteiger partial charge is 0.352 e. The quantitative estimate of drug-likeness (QED) is 0.471. The average molecular weight is 560 g/mol. The van der Waals surface area contributed by atoms with Gasteiger partial charge in [-0.25, -0.2) is 17.9 Å². The first-order chi connectivity index (χ1) is 18.0. The van der Waals surface area contributed by atoms with Crippen LogP contribution in [0.2, 0.25) is 5.02 Å². The maximum Gasteiger partial charge on any atom is 0.256 e. The van der Waals surface area contributed by atoms with Crippen LogP contribution >= 0.6 is 11.6 Å². The first-order valence-corrected chi connectivity index (χ1v) is 15.3. The van der Waals surface area contributed by atoms with Gasteiger partial charge in [-0.05, 0) is 57.2 Å². The summed E-state index contributed by atoms with van der Waals surface area (Å²) in [5.41, 5.74) is 9.18. The highest BCUT2D eigenvalue weighted by atomic mass is 35.5. The molecule has 204 valence electrons. The molecule has 3 N–H and O–H groups in total. The smallest absolute Gasteiger partial charge is 0.256 e. The number of halogens is 1. The molecule has 5 rings (SSSR count). The Labute approximate surface area is 228 Å². The molecule has 0 aliphatic carbocycles. The van der Waals surface area contributed by atoms with Crippen molar-refractivity contribution in [2.45, 2.75) is 64.1 Å². The number of sulfonamides is 1. The van der Waals surface area contributed by atoms with E-state index in [-0.39, 0.29) is 29.2 Å². The van der Waals surface area contributed by atoms with E-state index in [1.54, 1.807) is 15.5 Å². The summed E-state index contributed by atoms with van der Waals surface area (Å²) >= 11 is 6.21. The SMILES string of the molecule is CCC1C[C@H](N)CN1c1nc2cc([C@@H]3CCCCN3C(=O)c3cc(Cl)ccc3NS(C)(=O)=O)nn2cc1C. The lowest BCUT2D eigenvalue weighted by atomic mass is 9.98. The van der Waals surface area contributed by atoms with E-state index in [1.807, 2.05) is 19.2 Å². The number of fused-ring (bicyclic) bond motifs is 1. The number of aromatic nitrogens is 3. The maximum atomic E-state index is 13.8. The molecule has 2 aromatic heterocycles. The summed E-state index contributed by atoms with van der Waals surface area (Å²) in [6.45, 7) is 5.51. The summed E-state index contributed by atoms with van der Waals surface area (Å²) in [6.07, 6.45) is 7.54. The van der Waals surface area contributed by atoms with Gasteiger partial charge in [0.2, 0.25) is 10.0 Å². The number of anilines is 2. The Morgan fingerprint density at radius 1 is 1.26 bits per heavy atom. The maximum absolute atomic E-state index is 13.8. The van der Waals surface area contributed by atoms with Crippen LogP contribution in [0.5, 0.6) is 0 Å². The fourth-order valence-corrected chi connectivity index (χ4v) is 6.44. The predicted octanol–water partition coefficient (Wildman–Crippen LogP) is 3.75. The Hall–Kier alpha value is -2.89. The Kier molecular flexibility index (Phi) is 7.27. The second-order valence-electron chi connectivity index (χ2n) is 10.4. The molecule has 1 aromatic carbocycles. The van der Waals surface area contributed by atoms with Gasteiger partial charge >= 0.3 is 0 Å². The average Bonchev–Trinajstić information content (AvgIpc) is 3.45. The van der Waals surface area contributed by atoms with Gasteiger partial charge in [-0.2, -0.15) is 5.10 Å². The predicted molar refractivity (Wildman–Crippen MR) is 149 cm³/mol. The van der Waals surface area contributed by atoms with E-state index in [0.717, 1.165) is 67.6 Å². The van der Waals surface area contributed by atoms with Gasteiger partial charge in [-0.15, -0.1) is 0 Å². The van der Waals surface area contributed by atoms with Gasteiger partial charge < -0.3 is 15.5 Å². The third-order valence-corrected chi connectivity index (χ3v) is 8.25. The molecule has 0 saturated carbocycles. The number of carbonyl (C=O) groups excluding carboxylic acids is 1. The van der Waals surface area contributed by atoms with Crippen molar-refractivity contribution in [3.05, 3.63) is 52.3 Å². The number of likely N-dealkylation sites (tertiary alicyclic amines) is 1. The van der Waals surface area contributed by atoms with E-state index in [2.05, 4.69) is 16.5 Å². The van der Waals surface area contributed by atoms with Crippen LogP contribution < -0.4 is 15.4 Å². The molecule has 0 bridgehead atoms. The van der Waals surface area contributed by atoms with Crippen LogP contribution in [0.4, 0.5) is 11.5 Å². The van der Waals surface area contributed by atoms with Crippen LogP contribution in [0.1, 0.15) is 66.7 Å². The normalized spacial score (nSPS) is 22.3. The van der Waals surface area contributed by atoms with Crippen molar-refractivity contribution in [2.24, 2.45) is 5.73 Å². The molecule has 1 unspecified atom stereocenters. The minimum absolute atomic E-state index is 0.133. The highest BCUT2D eigenvalue weighted by molar-refractivity contribution is 7.92. The standard InChI is InChI=1S/C26H34ClN7O3S/c1-4-19-12-18(28)15-33(19)25-16(2)14-34-24(29-25)13-22(30-34)23-7-5-6-10-32(23)26(35)20-11-17(27)8-9-21(20)31-38(3,36)37/h8-9,11,13-14,18-19,23,31H,4-7,10,12,15,28H2,1-3H3/t18-,19?,23-/m0/s1. The van der Waals surface area contributed by atoms with Crippen LogP contribution in [-0.4, -0.2) is 65.3 Å². The highest BCUT2D eigenvalue weighted by Gasteiger charge is 2.34. The van der Waals surface area contributed by atoms with E-state index in [4.69, 9.17) is 27.4 Å². The second-order valence-corrected chi connectivity index (χ2v) is 12.6. The van der Waals surface area contributed by atoms with Crippen LogP contribution in [0.15, 0.2) is 30.5 Å². The molecule has 0 radical (unpaired) electrons. The number of carbonyl (C=O) groups is 1. The summed E-state index contributed by atoms with van der Waals surface area (Å²) in [6, 6.07) is 6.76. The third-order valence-electron chi connectivity index (χ3n) is 7.43. The van der Waals surface area contributed by atoms with Crippen molar-refractivity contribution in [2.75, 3.05) is 29.0 Å². The topological polar surface area (TPSA) is 126 Å². The molecule has 3 atom stereocenters. The molecule has 1 amide bonds. The lowest BCUT2D eigenvalue weighted by Gasteiger charge is -2.35. The van der Waals surface area contributed by atoms with Crippen molar-refractivity contribution in [1.29, 1.82) is 0 Å². The number of nitrogens with two attached hydrogens (primary N) is 1. The number of hydrogen-bond acceptors (Lipinski definition) is 7. The molecule has 38 heavy (non-hydrogen) atoms. The fourth-order valence-electron chi connectivity index (χ4n) is 5.69. The Morgan fingerprint density at radius 2 is 2.05 bits per heavy atom. The first kappa shape index (κ1) is 26.7. The van der Waals surface area contributed by atoms with E-state index >= 15 is 0 Å². The van der Waals surface area contributed by atoms with Gasteiger partial charge in [0.25, 0.3) is 5.91 Å². The molecular weight excluding hydrogens is 526 g/mol. The summed E-state index contributed by atoms with van der Waals surface area (Å²) in [5, 5.41) is 5.18. The van der Waals surface area contributed by atoms with Crippen molar-refractivity contribution in [3.63, 3.8) is 0 Å². The Morgan fingerprint density at radius 3 is 2.79 bits per heavy atom. The number of aryl methyl sites for hydroxylation is 1. The minimum Gasteiger partial charge on any atom is -0.352 e. The summed E-state index contributed by atoms with van der Waals surface area (Å²) in [7, 11) is -3.58. The van der Waals surface area contributed by atoms with Crippen LogP contribution in [0.3, 0.4) is 0 Å². The van der Waals surface area contributed by atoms with E-state index in [9.17, 15) is 13.2 Å². The van der Waals surface area contributed by atoms with Gasteiger partial charge in [-0.1, -0.05) is 18.5 Å². The first-order valence-electron chi connectivity index (χ1n) is 13.0. The molecule has 2 aliphatic heterocycles. The van der Waals surface area contributed by atoms with Crippen molar-refractivity contribution in [3.8, 4) is 0 Å². The fraction of sp³-hybridized carbons (Fsp3) is 0.500. The number of hydrogen-bond donors (Lipinski definition) is 2. The minimum atomic E-state index is -3.58. The molecule has 0 spiro atoms. The van der Waals surface area contributed by atoms with Gasteiger partial charge in [0, 0.05) is 48.0 Å². The highest BCUT2D eigenvalue weighted by Crippen LogP contribution is 2.35. The monoisotopic (exact) mass is 559 g/mol. The number of nitrogens with zero attached hydrogens (tertiary/aromatic N) is 5. The lowest BCUT2D eigenvalue weighted by molar-refractivity contribution is 0.0607. The molecular formula is C26H34ClN7O3S. The Balaban J connectivity index is 1.49. The molecule has 3 aromatic rings. The van der Waals surface area contributed by atoms with Crippen LogP contribution in [-0.2, 0) is 10.0 Å². The van der Waals surface area contributed by atoms with Crippen LogP contribution in [0, 0.1) is 6.92 Å². The van der Waals surface area contributed by atoms with Gasteiger partial charge in [0.1, 0.15) is 5.82 Å². The van der Waals surface area contributed by atoms with Crippen molar-refractivity contribution < 1.29 is 13.2 Å². The van der Waals surface area contributed by atoms with E-state index in [0.29, 0.717) is 17.6 Å². The molecule has 10 nitrogen and oxygen atoms in total. The van der Waals surface area contributed by atoms with Gasteiger partial charge in [-0.3, -0.25) is 9.52 Å². The van der Waals surface area contributed by atoms with Crippen molar-refractivity contribution in [1.82, 2.24) is 19.5 Å². The van der Waals surface area contributed by atoms with E-state index in [1.165, 1.54) is 12.1 Å². The molecule has 2 fully saturated rings. The molecule has 2 aliphatic rings.